The third-order valence-electron chi connectivity index (χ3n) is 4.83. The van der Waals surface area contributed by atoms with Crippen LogP contribution in [-0.4, -0.2) is 62.8 Å². The van der Waals surface area contributed by atoms with Gasteiger partial charge in [-0.3, -0.25) is 9.69 Å². The number of hydrogen-bond donors (Lipinski definition) is 1. The summed E-state index contributed by atoms with van der Waals surface area (Å²) in [6.07, 6.45) is -2.19. The molecule has 0 unspecified atom stereocenters. The van der Waals surface area contributed by atoms with E-state index in [1.807, 2.05) is 9.80 Å². The van der Waals surface area contributed by atoms with Gasteiger partial charge >= 0.3 is 6.18 Å². The molecule has 1 amide bonds. The molecule has 5 nitrogen and oxygen atoms in total. The van der Waals surface area contributed by atoms with Gasteiger partial charge in [-0.1, -0.05) is 6.07 Å². The minimum absolute atomic E-state index is 0.0342. The van der Waals surface area contributed by atoms with E-state index in [1.165, 1.54) is 12.1 Å². The summed E-state index contributed by atoms with van der Waals surface area (Å²) in [7, 11) is 0. The summed E-state index contributed by atoms with van der Waals surface area (Å²) in [6, 6.07) is 5.39. The lowest BCUT2D eigenvalue weighted by Crippen LogP contribution is -2.50. The summed E-state index contributed by atoms with van der Waals surface area (Å²) in [5.41, 5.74) is -0.0618. The van der Waals surface area contributed by atoms with E-state index in [9.17, 15) is 18.0 Å². The number of alkyl halides is 3. The van der Waals surface area contributed by atoms with Crippen molar-refractivity contribution in [2.75, 3.05) is 50.8 Å². The molecule has 2 aliphatic rings. The van der Waals surface area contributed by atoms with Crippen molar-refractivity contribution in [1.29, 1.82) is 0 Å². The molecular formula is C18H24F3N3O2. The normalized spacial score (nSPS) is 21.8. The van der Waals surface area contributed by atoms with Crippen molar-refractivity contribution in [3.63, 3.8) is 0 Å². The monoisotopic (exact) mass is 371 g/mol. The summed E-state index contributed by atoms with van der Waals surface area (Å²) in [6.45, 7) is 4.10. The molecule has 2 aliphatic heterocycles. The number of rotatable bonds is 5. The maximum Gasteiger partial charge on any atom is 0.416 e. The number of ether oxygens (including phenoxy) is 1. The number of carbonyl (C=O) groups excluding carboxylic acids is 1. The van der Waals surface area contributed by atoms with Gasteiger partial charge in [0, 0.05) is 45.0 Å². The lowest BCUT2D eigenvalue weighted by Gasteiger charge is -2.36. The number of hydrogen-bond acceptors (Lipinski definition) is 4. The van der Waals surface area contributed by atoms with Crippen LogP contribution in [0.15, 0.2) is 24.3 Å². The first-order valence-electron chi connectivity index (χ1n) is 8.95. The first-order valence-corrected chi connectivity index (χ1v) is 8.95. The molecule has 2 saturated heterocycles. The first-order chi connectivity index (χ1) is 12.4. The average Bonchev–Trinajstić information content (AvgIpc) is 3.14. The van der Waals surface area contributed by atoms with E-state index in [4.69, 9.17) is 4.74 Å². The lowest BCUT2D eigenvalue weighted by atomic mass is 10.1. The van der Waals surface area contributed by atoms with Gasteiger partial charge in [0.25, 0.3) is 0 Å². The SMILES string of the molecule is O=C(CN1CCN(c2cccc(C(F)(F)F)c2)CC1)NC[C@@H]1CCCO1. The van der Waals surface area contributed by atoms with Crippen LogP contribution in [0, 0.1) is 0 Å². The molecule has 0 radical (unpaired) electrons. The summed E-state index contributed by atoms with van der Waals surface area (Å²) < 4.78 is 44.0. The van der Waals surface area contributed by atoms with Gasteiger partial charge in [0.15, 0.2) is 0 Å². The molecule has 0 spiro atoms. The fourth-order valence-electron chi connectivity index (χ4n) is 3.34. The number of nitrogens with zero attached hydrogens (tertiary/aromatic N) is 2. The maximum atomic E-state index is 12.8. The zero-order chi connectivity index (χ0) is 18.6. The Hall–Kier alpha value is -1.80. The zero-order valence-corrected chi connectivity index (χ0v) is 14.6. The Labute approximate surface area is 151 Å². The van der Waals surface area contributed by atoms with Crippen molar-refractivity contribution in [2.24, 2.45) is 0 Å². The van der Waals surface area contributed by atoms with Gasteiger partial charge in [0.1, 0.15) is 0 Å². The summed E-state index contributed by atoms with van der Waals surface area (Å²) >= 11 is 0. The molecule has 1 N–H and O–H groups in total. The molecule has 2 fully saturated rings. The van der Waals surface area contributed by atoms with Crippen LogP contribution in [0.5, 0.6) is 0 Å². The van der Waals surface area contributed by atoms with Crippen LogP contribution < -0.4 is 10.2 Å². The van der Waals surface area contributed by atoms with E-state index < -0.39 is 11.7 Å². The maximum absolute atomic E-state index is 12.8. The fraction of sp³-hybridized carbons (Fsp3) is 0.611. The van der Waals surface area contributed by atoms with Crippen LogP contribution in [0.2, 0.25) is 0 Å². The van der Waals surface area contributed by atoms with Crippen LogP contribution >= 0.6 is 0 Å². The van der Waals surface area contributed by atoms with Crippen molar-refractivity contribution < 1.29 is 22.7 Å². The second-order valence-electron chi connectivity index (χ2n) is 6.75. The zero-order valence-electron chi connectivity index (χ0n) is 14.6. The second-order valence-corrected chi connectivity index (χ2v) is 6.75. The van der Waals surface area contributed by atoms with E-state index in [-0.39, 0.29) is 12.0 Å². The van der Waals surface area contributed by atoms with E-state index >= 15 is 0 Å². The number of nitrogens with one attached hydrogen (secondary N) is 1. The molecular weight excluding hydrogens is 347 g/mol. The van der Waals surface area contributed by atoms with Crippen LogP contribution in [0.1, 0.15) is 18.4 Å². The van der Waals surface area contributed by atoms with Gasteiger partial charge in [-0.25, -0.2) is 0 Å². The largest absolute Gasteiger partial charge is 0.416 e. The molecule has 0 aliphatic carbocycles. The van der Waals surface area contributed by atoms with E-state index in [1.54, 1.807) is 6.07 Å². The van der Waals surface area contributed by atoms with Gasteiger partial charge in [0.2, 0.25) is 5.91 Å². The average molecular weight is 371 g/mol. The molecule has 0 saturated carbocycles. The smallest absolute Gasteiger partial charge is 0.376 e. The Morgan fingerprint density at radius 2 is 2.00 bits per heavy atom. The van der Waals surface area contributed by atoms with Gasteiger partial charge in [-0.15, -0.1) is 0 Å². The standard InChI is InChI=1S/C18H24F3N3O2/c19-18(20,21)14-3-1-4-15(11-14)24-8-6-23(7-9-24)13-17(25)22-12-16-5-2-10-26-16/h1,3-4,11,16H,2,5-10,12-13H2,(H,22,25)/t16-/m0/s1. The quantitative estimate of drug-likeness (QED) is 0.861. The molecule has 144 valence electrons. The van der Waals surface area contributed by atoms with Crippen molar-refractivity contribution in [3.8, 4) is 0 Å². The number of benzene rings is 1. The molecule has 1 aromatic rings. The van der Waals surface area contributed by atoms with Gasteiger partial charge in [-0.2, -0.15) is 13.2 Å². The Morgan fingerprint density at radius 3 is 2.65 bits per heavy atom. The summed E-state index contributed by atoms with van der Waals surface area (Å²) in [5, 5.41) is 2.89. The Bertz CT molecular complexity index is 610. The predicted molar refractivity (Wildman–Crippen MR) is 92.1 cm³/mol. The molecule has 3 rings (SSSR count). The van der Waals surface area contributed by atoms with Crippen LogP contribution in [0.25, 0.3) is 0 Å². The predicted octanol–water partition coefficient (Wildman–Crippen LogP) is 2.12. The highest BCUT2D eigenvalue weighted by Gasteiger charge is 2.31. The highest BCUT2D eigenvalue weighted by Crippen LogP contribution is 2.31. The summed E-state index contributed by atoms with van der Waals surface area (Å²) in [5.74, 6) is -0.0342. The lowest BCUT2D eigenvalue weighted by molar-refractivity contribution is -0.137. The minimum atomic E-state index is -4.33. The second kappa shape index (κ2) is 8.26. The van der Waals surface area contributed by atoms with E-state index in [2.05, 4.69) is 5.32 Å². The summed E-state index contributed by atoms with van der Waals surface area (Å²) in [4.78, 5) is 16.0. The number of halogens is 3. The number of carbonyl (C=O) groups is 1. The molecule has 26 heavy (non-hydrogen) atoms. The number of anilines is 1. The Balaban J connectivity index is 1.44. The van der Waals surface area contributed by atoms with Gasteiger partial charge < -0.3 is 15.0 Å². The first kappa shape index (κ1) is 19.0. The van der Waals surface area contributed by atoms with Crippen LogP contribution in [-0.2, 0) is 15.7 Å². The van der Waals surface area contributed by atoms with Crippen LogP contribution in [0.4, 0.5) is 18.9 Å². The minimum Gasteiger partial charge on any atom is -0.376 e. The fourth-order valence-corrected chi connectivity index (χ4v) is 3.34. The van der Waals surface area contributed by atoms with Crippen molar-refractivity contribution in [2.45, 2.75) is 25.1 Å². The molecule has 0 aromatic heterocycles. The van der Waals surface area contributed by atoms with Gasteiger partial charge in [0.05, 0.1) is 18.2 Å². The molecule has 2 heterocycles. The van der Waals surface area contributed by atoms with E-state index in [0.29, 0.717) is 45.0 Å². The third-order valence-corrected chi connectivity index (χ3v) is 4.83. The highest BCUT2D eigenvalue weighted by molar-refractivity contribution is 5.78. The molecule has 1 atom stereocenters. The number of piperazine rings is 1. The van der Waals surface area contributed by atoms with Crippen molar-refractivity contribution in [3.05, 3.63) is 29.8 Å². The van der Waals surface area contributed by atoms with Crippen LogP contribution in [0.3, 0.4) is 0 Å². The van der Waals surface area contributed by atoms with E-state index in [0.717, 1.165) is 25.5 Å². The van der Waals surface area contributed by atoms with Crippen molar-refractivity contribution >= 4 is 11.6 Å². The molecule has 0 bridgehead atoms. The van der Waals surface area contributed by atoms with Crippen molar-refractivity contribution in [1.82, 2.24) is 10.2 Å². The Kier molecular flexibility index (Phi) is 6.03. The molecule has 8 heteroatoms. The highest BCUT2D eigenvalue weighted by atomic mass is 19.4. The number of amides is 1. The Morgan fingerprint density at radius 1 is 1.23 bits per heavy atom. The molecule has 1 aromatic carbocycles. The van der Waals surface area contributed by atoms with Gasteiger partial charge in [-0.05, 0) is 31.0 Å². The topological polar surface area (TPSA) is 44.8 Å². The third kappa shape index (κ3) is 5.11.